The molecule has 0 spiro atoms. The average Bonchev–Trinajstić information content (AvgIpc) is 2.73. The van der Waals surface area contributed by atoms with Gasteiger partial charge in [-0.05, 0) is 85.3 Å². The fourth-order valence-electron chi connectivity index (χ4n) is 3.97. The summed E-state index contributed by atoms with van der Waals surface area (Å²) in [6.07, 6.45) is 5.47. The van der Waals surface area contributed by atoms with E-state index in [4.69, 9.17) is 0 Å². The van der Waals surface area contributed by atoms with Gasteiger partial charge < -0.3 is 9.80 Å². The SMILES string of the molecule is O=Nc1ccc(N2CCCc3cc(C(=O)N4CCCCC4)ccc32)cc1. The molecule has 0 unspecified atom stereocenters. The molecule has 0 radical (unpaired) electrons. The van der Waals surface area contributed by atoms with Crippen molar-refractivity contribution < 1.29 is 4.79 Å². The second-order valence-electron chi connectivity index (χ2n) is 7.06. The Kier molecular flexibility index (Phi) is 4.69. The topological polar surface area (TPSA) is 53.0 Å². The zero-order valence-corrected chi connectivity index (χ0v) is 14.9. The molecule has 2 aromatic rings. The lowest BCUT2D eigenvalue weighted by atomic mass is 9.97. The van der Waals surface area contributed by atoms with Crippen LogP contribution in [0, 0.1) is 4.91 Å². The highest BCUT2D eigenvalue weighted by atomic mass is 16.3. The summed E-state index contributed by atoms with van der Waals surface area (Å²) in [4.78, 5) is 27.6. The van der Waals surface area contributed by atoms with Crippen LogP contribution < -0.4 is 4.90 Å². The predicted octanol–water partition coefficient (Wildman–Crippen LogP) is 4.79. The molecule has 1 amide bonds. The molecule has 0 aliphatic carbocycles. The fourth-order valence-corrected chi connectivity index (χ4v) is 3.97. The molecule has 134 valence electrons. The Labute approximate surface area is 153 Å². The van der Waals surface area contributed by atoms with E-state index in [-0.39, 0.29) is 5.91 Å². The summed E-state index contributed by atoms with van der Waals surface area (Å²) < 4.78 is 0. The number of carbonyl (C=O) groups excluding carboxylic acids is 1. The van der Waals surface area contributed by atoms with E-state index in [1.165, 1.54) is 12.0 Å². The second kappa shape index (κ2) is 7.28. The molecule has 1 fully saturated rings. The third-order valence-electron chi connectivity index (χ3n) is 5.36. The van der Waals surface area contributed by atoms with Crippen molar-refractivity contribution in [3.05, 3.63) is 58.5 Å². The summed E-state index contributed by atoms with van der Waals surface area (Å²) >= 11 is 0. The van der Waals surface area contributed by atoms with Gasteiger partial charge in [-0.15, -0.1) is 4.91 Å². The first kappa shape index (κ1) is 16.8. The minimum atomic E-state index is 0.158. The molecule has 4 rings (SSSR count). The lowest BCUT2D eigenvalue weighted by Crippen LogP contribution is -2.35. The molecule has 2 aliphatic heterocycles. The molecule has 2 aromatic carbocycles. The van der Waals surface area contributed by atoms with Gasteiger partial charge in [0, 0.05) is 36.6 Å². The van der Waals surface area contributed by atoms with Gasteiger partial charge in [0.05, 0.1) is 0 Å². The normalized spacial score (nSPS) is 16.9. The van der Waals surface area contributed by atoms with E-state index in [1.807, 2.05) is 23.1 Å². The second-order valence-corrected chi connectivity index (χ2v) is 7.06. The van der Waals surface area contributed by atoms with Crippen LogP contribution >= 0.6 is 0 Å². The Hall–Kier alpha value is -2.69. The van der Waals surface area contributed by atoms with E-state index >= 15 is 0 Å². The molecule has 0 aromatic heterocycles. The van der Waals surface area contributed by atoms with Crippen LogP contribution in [0.5, 0.6) is 0 Å². The van der Waals surface area contributed by atoms with Gasteiger partial charge in [0.15, 0.2) is 0 Å². The highest BCUT2D eigenvalue weighted by Crippen LogP contribution is 2.35. The number of hydrogen-bond donors (Lipinski definition) is 0. The number of nitrogens with zero attached hydrogens (tertiary/aromatic N) is 3. The number of likely N-dealkylation sites (tertiary alicyclic amines) is 1. The van der Waals surface area contributed by atoms with Gasteiger partial charge in [-0.1, -0.05) is 0 Å². The number of rotatable bonds is 3. The van der Waals surface area contributed by atoms with Crippen LogP contribution in [0.4, 0.5) is 17.1 Å². The fraction of sp³-hybridized carbons (Fsp3) is 0.381. The lowest BCUT2D eigenvalue weighted by molar-refractivity contribution is 0.0724. The Morgan fingerprint density at radius 3 is 2.38 bits per heavy atom. The molecule has 2 heterocycles. The first-order valence-corrected chi connectivity index (χ1v) is 9.39. The van der Waals surface area contributed by atoms with E-state index in [2.05, 4.69) is 22.2 Å². The number of anilines is 2. The summed E-state index contributed by atoms with van der Waals surface area (Å²) in [7, 11) is 0. The zero-order chi connectivity index (χ0) is 17.9. The maximum absolute atomic E-state index is 12.8. The standard InChI is InChI=1S/C21H23N3O2/c25-21(23-12-2-1-3-13-23)17-6-11-20-16(15-17)5-4-14-24(20)19-9-7-18(22-26)8-10-19/h6-11,15H,1-5,12-14H2. The largest absolute Gasteiger partial charge is 0.341 e. The average molecular weight is 349 g/mol. The van der Waals surface area contributed by atoms with Crippen molar-refractivity contribution >= 4 is 23.0 Å². The van der Waals surface area contributed by atoms with Crippen molar-refractivity contribution in [2.45, 2.75) is 32.1 Å². The minimum absolute atomic E-state index is 0.158. The first-order valence-electron chi connectivity index (χ1n) is 9.39. The van der Waals surface area contributed by atoms with Crippen LogP contribution in [0.1, 0.15) is 41.6 Å². The number of piperidine rings is 1. The van der Waals surface area contributed by atoms with Crippen LogP contribution in [-0.2, 0) is 6.42 Å². The molecule has 0 saturated carbocycles. The quantitative estimate of drug-likeness (QED) is 0.748. The Morgan fingerprint density at radius 1 is 0.885 bits per heavy atom. The summed E-state index contributed by atoms with van der Waals surface area (Å²) in [5.74, 6) is 0.158. The smallest absolute Gasteiger partial charge is 0.253 e. The monoisotopic (exact) mass is 349 g/mol. The third kappa shape index (κ3) is 3.21. The highest BCUT2D eigenvalue weighted by molar-refractivity contribution is 5.95. The van der Waals surface area contributed by atoms with Gasteiger partial charge >= 0.3 is 0 Å². The number of fused-ring (bicyclic) bond motifs is 1. The van der Waals surface area contributed by atoms with E-state index < -0.39 is 0 Å². The van der Waals surface area contributed by atoms with Gasteiger partial charge in [-0.2, -0.15) is 0 Å². The molecular weight excluding hydrogens is 326 g/mol. The van der Waals surface area contributed by atoms with Crippen molar-refractivity contribution in [3.63, 3.8) is 0 Å². The summed E-state index contributed by atoms with van der Waals surface area (Å²) in [5, 5.41) is 2.97. The van der Waals surface area contributed by atoms with Gasteiger partial charge in [0.1, 0.15) is 5.69 Å². The molecule has 26 heavy (non-hydrogen) atoms. The molecule has 5 heteroatoms. The van der Waals surface area contributed by atoms with Crippen molar-refractivity contribution in [2.24, 2.45) is 5.18 Å². The number of nitroso groups, excluding NO2 is 1. The molecule has 0 bridgehead atoms. The molecule has 1 saturated heterocycles. The number of hydrogen-bond acceptors (Lipinski definition) is 4. The number of carbonyl (C=O) groups is 1. The number of aryl methyl sites for hydroxylation is 1. The Bertz CT molecular complexity index is 811. The van der Waals surface area contributed by atoms with Crippen molar-refractivity contribution in [1.82, 2.24) is 4.90 Å². The number of amides is 1. The maximum Gasteiger partial charge on any atom is 0.253 e. The molecule has 0 atom stereocenters. The van der Waals surface area contributed by atoms with Crippen LogP contribution in [-0.4, -0.2) is 30.4 Å². The number of benzene rings is 2. The predicted molar refractivity (Wildman–Crippen MR) is 103 cm³/mol. The van der Waals surface area contributed by atoms with Crippen LogP contribution in [0.3, 0.4) is 0 Å². The van der Waals surface area contributed by atoms with Crippen LogP contribution in [0.2, 0.25) is 0 Å². The molecule has 2 aliphatic rings. The van der Waals surface area contributed by atoms with Crippen LogP contribution in [0.25, 0.3) is 0 Å². The van der Waals surface area contributed by atoms with Crippen molar-refractivity contribution in [2.75, 3.05) is 24.5 Å². The maximum atomic E-state index is 12.8. The molecule has 0 N–H and O–H groups in total. The Balaban J connectivity index is 1.60. The summed E-state index contributed by atoms with van der Waals surface area (Å²) in [5.41, 5.74) is 4.66. The van der Waals surface area contributed by atoms with Gasteiger partial charge in [0.2, 0.25) is 0 Å². The van der Waals surface area contributed by atoms with E-state index in [0.717, 1.165) is 62.3 Å². The van der Waals surface area contributed by atoms with Crippen LogP contribution in [0.15, 0.2) is 47.6 Å². The molecule has 5 nitrogen and oxygen atoms in total. The third-order valence-corrected chi connectivity index (χ3v) is 5.36. The summed E-state index contributed by atoms with van der Waals surface area (Å²) in [6.45, 7) is 2.68. The van der Waals surface area contributed by atoms with E-state index in [9.17, 15) is 9.70 Å². The van der Waals surface area contributed by atoms with Crippen molar-refractivity contribution in [3.8, 4) is 0 Å². The Morgan fingerprint density at radius 2 is 1.65 bits per heavy atom. The lowest BCUT2D eigenvalue weighted by Gasteiger charge is -2.32. The van der Waals surface area contributed by atoms with Gasteiger partial charge in [-0.3, -0.25) is 4.79 Å². The first-order chi connectivity index (χ1) is 12.8. The zero-order valence-electron chi connectivity index (χ0n) is 14.9. The van der Waals surface area contributed by atoms with Gasteiger partial charge in [0.25, 0.3) is 5.91 Å². The minimum Gasteiger partial charge on any atom is -0.341 e. The summed E-state index contributed by atoms with van der Waals surface area (Å²) in [6, 6.07) is 13.4. The van der Waals surface area contributed by atoms with E-state index in [0.29, 0.717) is 5.69 Å². The van der Waals surface area contributed by atoms with Crippen molar-refractivity contribution in [1.29, 1.82) is 0 Å². The molecular formula is C21H23N3O2. The highest BCUT2D eigenvalue weighted by Gasteiger charge is 2.22. The van der Waals surface area contributed by atoms with E-state index in [1.54, 1.807) is 12.1 Å². The van der Waals surface area contributed by atoms with Gasteiger partial charge in [-0.25, -0.2) is 0 Å².